The van der Waals surface area contributed by atoms with E-state index in [1.165, 1.54) is 0 Å². The van der Waals surface area contributed by atoms with Crippen molar-refractivity contribution in [1.82, 2.24) is 15.3 Å². The van der Waals surface area contributed by atoms with Crippen LogP contribution in [0.15, 0.2) is 12.5 Å². The summed E-state index contributed by atoms with van der Waals surface area (Å²) in [5.41, 5.74) is -2.19. The van der Waals surface area contributed by atoms with Crippen molar-refractivity contribution in [1.29, 1.82) is 0 Å². The molecule has 5 N–H and O–H groups in total. The lowest BCUT2D eigenvalue weighted by molar-refractivity contribution is -0.249. The van der Waals surface area contributed by atoms with Gasteiger partial charge in [-0.05, 0) is 146 Å². The molecule has 11 atom stereocenters. The third-order valence-corrected chi connectivity index (χ3v) is 14.8. The van der Waals surface area contributed by atoms with Gasteiger partial charge in [-0.1, -0.05) is 34.6 Å². The maximum atomic E-state index is 13.9. The number of hydrogen-bond donors (Lipinski definition) is 5. The number of carbonyl (C=O) groups excluding carboxylic acids is 2. The maximum absolute atomic E-state index is 13.9. The summed E-state index contributed by atoms with van der Waals surface area (Å²) >= 11 is 0. The average molecular weight is 716 g/mol. The summed E-state index contributed by atoms with van der Waals surface area (Å²) in [4.78, 5) is 33.8. The SMILES string of the molecule is CC(C)(O)CCC[C@@](C)(O)[C@H]1CC[C@]2(C)[C@@H]1[C@H](O)C[C@@H]1[C@@]3(C)CC[C@H](OC(=O)[C@H](Cc4cnc[nH]4)NC(=O)OC(C)(C)C)C(C)(C)[C@@H]3CC[C@]12C. The van der Waals surface area contributed by atoms with E-state index in [4.69, 9.17) is 9.47 Å². The zero-order valence-electron chi connectivity index (χ0n) is 33.4. The van der Waals surface area contributed by atoms with Crippen molar-refractivity contribution in [2.24, 2.45) is 45.3 Å². The molecule has 51 heavy (non-hydrogen) atoms. The van der Waals surface area contributed by atoms with Crippen LogP contribution in [-0.4, -0.2) is 72.4 Å². The standard InChI is InChI=1S/C41H69N3O7/c1-35(2,3)51-34(47)44-27(21-25-23-42-24-43-25)33(46)50-31-15-18-38(8)29(37(31,6)7)14-20-39(9)30(38)22-28(45)32-26(13-19-40(32,39)10)41(11,49)17-12-16-36(4,5)48/h23-24,26-32,45,48-49H,12-22H2,1-11H3,(H,42,43)(H,44,47)/t26-,27-,28+,29-,30+,31-,32-,38-,39+,40+,41+/m0/s1. The van der Waals surface area contributed by atoms with Crippen molar-refractivity contribution in [3.8, 4) is 0 Å². The van der Waals surface area contributed by atoms with Gasteiger partial charge in [0.25, 0.3) is 0 Å². The number of ether oxygens (including phenoxy) is 2. The number of fused-ring (bicyclic) bond motifs is 5. The highest BCUT2D eigenvalue weighted by molar-refractivity contribution is 5.82. The Morgan fingerprint density at radius 1 is 0.961 bits per heavy atom. The first-order valence-corrected chi connectivity index (χ1v) is 19.6. The number of aromatic nitrogens is 2. The number of H-pyrrole nitrogens is 1. The number of carbonyl (C=O) groups is 2. The number of nitrogens with zero attached hydrogens (tertiary/aromatic N) is 1. The van der Waals surface area contributed by atoms with Gasteiger partial charge in [0.15, 0.2) is 0 Å². The van der Waals surface area contributed by atoms with Gasteiger partial charge in [0, 0.05) is 23.7 Å². The summed E-state index contributed by atoms with van der Waals surface area (Å²) in [6.45, 7) is 22.7. The van der Waals surface area contributed by atoms with Crippen molar-refractivity contribution in [3.05, 3.63) is 18.2 Å². The van der Waals surface area contributed by atoms with E-state index < -0.39 is 41.0 Å². The summed E-state index contributed by atoms with van der Waals surface area (Å²) in [6, 6.07) is -0.938. The monoisotopic (exact) mass is 716 g/mol. The lowest BCUT2D eigenvalue weighted by Crippen LogP contribution is -2.67. The molecule has 1 amide bonds. The lowest BCUT2D eigenvalue weighted by atomic mass is 9.35. The molecule has 0 saturated heterocycles. The molecule has 1 heterocycles. The zero-order chi connectivity index (χ0) is 38.0. The van der Waals surface area contributed by atoms with E-state index in [1.807, 2.05) is 20.8 Å². The van der Waals surface area contributed by atoms with E-state index >= 15 is 0 Å². The van der Waals surface area contributed by atoms with Crippen LogP contribution in [0.2, 0.25) is 0 Å². The second kappa shape index (κ2) is 13.6. The molecule has 4 aliphatic rings. The highest BCUT2D eigenvalue weighted by Crippen LogP contribution is 2.76. The first kappa shape index (κ1) is 40.0. The van der Waals surface area contributed by atoms with Gasteiger partial charge in [0.2, 0.25) is 0 Å². The minimum Gasteiger partial charge on any atom is -0.460 e. The molecule has 4 saturated carbocycles. The normalized spacial score (nSPS) is 38.0. The number of aliphatic hydroxyl groups excluding tert-OH is 1. The van der Waals surface area contributed by atoms with Gasteiger partial charge >= 0.3 is 12.1 Å². The van der Waals surface area contributed by atoms with Gasteiger partial charge in [-0.15, -0.1) is 0 Å². The van der Waals surface area contributed by atoms with Crippen molar-refractivity contribution in [2.45, 2.75) is 182 Å². The third-order valence-electron chi connectivity index (χ3n) is 14.8. The van der Waals surface area contributed by atoms with Crippen molar-refractivity contribution >= 4 is 12.1 Å². The van der Waals surface area contributed by atoms with Crippen LogP contribution in [0.1, 0.15) is 146 Å². The van der Waals surface area contributed by atoms with E-state index in [1.54, 1.807) is 33.3 Å². The fraction of sp³-hybridized carbons (Fsp3) is 0.878. The number of rotatable bonds is 10. The predicted octanol–water partition coefficient (Wildman–Crippen LogP) is 7.11. The average Bonchev–Trinajstić information content (AvgIpc) is 3.63. The molecule has 4 fully saturated rings. The van der Waals surface area contributed by atoms with Crippen molar-refractivity contribution in [3.63, 3.8) is 0 Å². The fourth-order valence-corrected chi connectivity index (χ4v) is 12.2. The largest absolute Gasteiger partial charge is 0.460 e. The van der Waals surface area contributed by atoms with Gasteiger partial charge in [0.05, 0.1) is 23.6 Å². The van der Waals surface area contributed by atoms with Crippen LogP contribution in [0.3, 0.4) is 0 Å². The molecule has 0 radical (unpaired) electrons. The van der Waals surface area contributed by atoms with Gasteiger partial charge in [-0.3, -0.25) is 0 Å². The minimum absolute atomic E-state index is 0.00777. The van der Waals surface area contributed by atoms with Crippen LogP contribution < -0.4 is 5.32 Å². The molecule has 0 aliphatic heterocycles. The molecule has 0 unspecified atom stereocenters. The maximum Gasteiger partial charge on any atom is 0.408 e. The fourth-order valence-electron chi connectivity index (χ4n) is 12.2. The van der Waals surface area contributed by atoms with E-state index in [2.05, 4.69) is 49.9 Å². The topological polar surface area (TPSA) is 154 Å². The van der Waals surface area contributed by atoms with Crippen LogP contribution >= 0.6 is 0 Å². The number of amides is 1. The molecule has 290 valence electrons. The molecule has 5 rings (SSSR count). The summed E-state index contributed by atoms with van der Waals surface area (Å²) < 4.78 is 11.9. The first-order valence-electron chi connectivity index (χ1n) is 19.6. The highest BCUT2D eigenvalue weighted by Gasteiger charge is 2.71. The smallest absolute Gasteiger partial charge is 0.408 e. The minimum atomic E-state index is -0.938. The lowest BCUT2D eigenvalue weighted by Gasteiger charge is -2.70. The number of esters is 1. The molecule has 1 aromatic rings. The second-order valence-electron chi connectivity index (χ2n) is 20.2. The van der Waals surface area contributed by atoms with E-state index in [0.717, 1.165) is 38.5 Å². The molecule has 10 nitrogen and oxygen atoms in total. The Labute approximate surface area is 306 Å². The Morgan fingerprint density at radius 2 is 1.63 bits per heavy atom. The molecule has 10 heteroatoms. The third kappa shape index (κ3) is 7.62. The van der Waals surface area contributed by atoms with Crippen LogP contribution in [-0.2, 0) is 20.7 Å². The summed E-state index contributed by atoms with van der Waals surface area (Å²) in [6.07, 6.45) is 10.1. The number of imidazole rings is 1. The Balaban J connectivity index is 1.33. The molecular weight excluding hydrogens is 646 g/mol. The number of alkyl carbamates (subject to hydrolysis) is 1. The Bertz CT molecular complexity index is 1400. The number of aromatic amines is 1. The van der Waals surface area contributed by atoms with E-state index in [0.29, 0.717) is 31.4 Å². The Hall–Kier alpha value is -2.17. The molecule has 0 bridgehead atoms. The summed E-state index contributed by atoms with van der Waals surface area (Å²) in [5, 5.41) is 37.1. The molecule has 0 spiro atoms. The van der Waals surface area contributed by atoms with E-state index in [-0.39, 0.29) is 57.9 Å². The van der Waals surface area contributed by atoms with Crippen LogP contribution in [0, 0.1) is 45.3 Å². The van der Waals surface area contributed by atoms with Gasteiger partial charge < -0.3 is 35.1 Å². The van der Waals surface area contributed by atoms with Crippen LogP contribution in [0.25, 0.3) is 0 Å². The molecule has 0 aromatic carbocycles. The number of hydrogen-bond acceptors (Lipinski definition) is 8. The van der Waals surface area contributed by atoms with Crippen LogP contribution in [0.5, 0.6) is 0 Å². The van der Waals surface area contributed by atoms with Gasteiger partial charge in [-0.2, -0.15) is 0 Å². The zero-order valence-corrected chi connectivity index (χ0v) is 33.4. The number of aliphatic hydroxyl groups is 3. The predicted molar refractivity (Wildman–Crippen MR) is 196 cm³/mol. The first-order chi connectivity index (χ1) is 23.3. The van der Waals surface area contributed by atoms with E-state index in [9.17, 15) is 24.9 Å². The van der Waals surface area contributed by atoms with Crippen molar-refractivity contribution in [2.75, 3.05) is 0 Å². The number of nitrogens with one attached hydrogen (secondary N) is 2. The quantitative estimate of drug-likeness (QED) is 0.161. The molecular formula is C41H69N3O7. The van der Waals surface area contributed by atoms with Gasteiger partial charge in [-0.25, -0.2) is 14.6 Å². The Kier molecular flexibility index (Phi) is 10.7. The van der Waals surface area contributed by atoms with Crippen LogP contribution in [0.4, 0.5) is 4.79 Å². The van der Waals surface area contributed by atoms with Gasteiger partial charge in [0.1, 0.15) is 17.7 Å². The molecule has 4 aliphatic carbocycles. The highest BCUT2D eigenvalue weighted by atomic mass is 16.6. The summed E-state index contributed by atoms with van der Waals surface area (Å²) in [7, 11) is 0. The van der Waals surface area contributed by atoms with Crippen molar-refractivity contribution < 1.29 is 34.4 Å². The summed E-state index contributed by atoms with van der Waals surface area (Å²) in [5.74, 6) is 0.113. The Morgan fingerprint density at radius 3 is 2.24 bits per heavy atom. The second-order valence-corrected chi connectivity index (χ2v) is 20.2. The molecule has 1 aromatic heterocycles.